The van der Waals surface area contributed by atoms with Crippen LogP contribution in [0.4, 0.5) is 0 Å². The largest absolute Gasteiger partial charge is 0.508 e. The minimum absolute atomic E-state index is 0.119. The van der Waals surface area contributed by atoms with Crippen LogP contribution in [0.3, 0.4) is 0 Å². The Morgan fingerprint density at radius 1 is 0.583 bits per heavy atom. The predicted octanol–water partition coefficient (Wildman–Crippen LogP) is 4.29. The van der Waals surface area contributed by atoms with Crippen LogP contribution in [0.2, 0.25) is 0 Å². The van der Waals surface area contributed by atoms with E-state index in [1.807, 2.05) is 24.3 Å². The molecule has 36 heavy (non-hydrogen) atoms. The first-order chi connectivity index (χ1) is 17.5. The van der Waals surface area contributed by atoms with Crippen LogP contribution >= 0.6 is 0 Å². The number of hydrogen-bond donors (Lipinski definition) is 4. The molecule has 4 aromatic rings. The van der Waals surface area contributed by atoms with Gasteiger partial charge in [-0.2, -0.15) is 10.2 Å². The van der Waals surface area contributed by atoms with Crippen molar-refractivity contribution in [2.24, 2.45) is 10.2 Å². The van der Waals surface area contributed by atoms with Crippen LogP contribution in [0, 0.1) is 0 Å². The summed E-state index contributed by atoms with van der Waals surface area (Å²) in [4.78, 5) is 24.6. The van der Waals surface area contributed by atoms with E-state index in [0.717, 1.165) is 11.1 Å². The first kappa shape index (κ1) is 23.9. The van der Waals surface area contributed by atoms with Crippen molar-refractivity contribution in [2.75, 3.05) is 0 Å². The number of carbonyl (C=O) groups excluding carboxylic acids is 2. The summed E-state index contributed by atoms with van der Waals surface area (Å²) < 4.78 is 0. The number of nitrogens with one attached hydrogen (secondary N) is 2. The maximum Gasteiger partial charge on any atom is 0.271 e. The molecule has 0 aromatic heterocycles. The lowest BCUT2D eigenvalue weighted by atomic mass is 10.0. The van der Waals surface area contributed by atoms with Crippen molar-refractivity contribution in [1.29, 1.82) is 0 Å². The molecule has 0 fully saturated rings. The monoisotopic (exact) mass is 478 g/mol. The molecule has 8 heteroatoms. The SMILES string of the molecule is O=C(N/N=C/c1cccc(O)c1)c1ccc(-c2ccc(C(=O)N/N=C/c3cccc(O)c3)cc2)cc1. The van der Waals surface area contributed by atoms with E-state index in [0.29, 0.717) is 22.3 Å². The van der Waals surface area contributed by atoms with Gasteiger partial charge in [-0.3, -0.25) is 9.59 Å². The van der Waals surface area contributed by atoms with E-state index < -0.39 is 0 Å². The van der Waals surface area contributed by atoms with E-state index >= 15 is 0 Å². The van der Waals surface area contributed by atoms with E-state index in [-0.39, 0.29) is 23.3 Å². The Kier molecular flexibility index (Phi) is 7.47. The van der Waals surface area contributed by atoms with Gasteiger partial charge in [0.2, 0.25) is 0 Å². The summed E-state index contributed by atoms with van der Waals surface area (Å²) in [7, 11) is 0. The van der Waals surface area contributed by atoms with Crippen LogP contribution in [0.1, 0.15) is 31.8 Å². The molecule has 0 heterocycles. The molecular formula is C28H22N4O4. The topological polar surface area (TPSA) is 123 Å². The van der Waals surface area contributed by atoms with Gasteiger partial charge in [-0.05, 0) is 70.8 Å². The van der Waals surface area contributed by atoms with E-state index in [9.17, 15) is 19.8 Å². The molecule has 178 valence electrons. The summed E-state index contributed by atoms with van der Waals surface area (Å²) in [5, 5.41) is 26.8. The molecule has 0 bridgehead atoms. The number of benzene rings is 4. The Morgan fingerprint density at radius 2 is 0.972 bits per heavy atom. The molecule has 2 amide bonds. The average Bonchev–Trinajstić information content (AvgIpc) is 2.89. The molecule has 0 saturated carbocycles. The van der Waals surface area contributed by atoms with Crippen molar-refractivity contribution in [3.63, 3.8) is 0 Å². The van der Waals surface area contributed by atoms with E-state index in [2.05, 4.69) is 21.1 Å². The van der Waals surface area contributed by atoms with Crippen LogP contribution in [-0.2, 0) is 0 Å². The summed E-state index contributed by atoms with van der Waals surface area (Å²) in [6.07, 6.45) is 2.89. The number of hydrogen-bond acceptors (Lipinski definition) is 6. The number of phenolic OH excluding ortho intramolecular Hbond substituents is 2. The number of nitrogens with zero attached hydrogens (tertiary/aromatic N) is 2. The fourth-order valence-corrected chi connectivity index (χ4v) is 3.30. The normalized spacial score (nSPS) is 11.0. The second kappa shape index (κ2) is 11.3. The molecule has 0 saturated heterocycles. The summed E-state index contributed by atoms with van der Waals surface area (Å²) in [5.74, 6) is -0.492. The summed E-state index contributed by atoms with van der Waals surface area (Å²) in [6, 6.07) is 27.0. The fourth-order valence-electron chi connectivity index (χ4n) is 3.30. The minimum Gasteiger partial charge on any atom is -0.508 e. The summed E-state index contributed by atoms with van der Waals surface area (Å²) >= 11 is 0. The summed E-state index contributed by atoms with van der Waals surface area (Å²) in [6.45, 7) is 0. The predicted molar refractivity (Wildman–Crippen MR) is 138 cm³/mol. The highest BCUT2D eigenvalue weighted by atomic mass is 16.3. The Balaban J connectivity index is 1.33. The molecule has 0 spiro atoms. The van der Waals surface area contributed by atoms with E-state index in [4.69, 9.17) is 0 Å². The number of amides is 2. The number of aromatic hydroxyl groups is 2. The number of carbonyl (C=O) groups is 2. The standard InChI is InChI=1S/C28H22N4O4/c33-25-5-1-3-19(15-25)17-29-31-27(35)23-11-7-21(8-12-23)22-9-13-24(14-10-22)28(36)32-30-18-20-4-2-6-26(34)16-20/h1-18,33-34H,(H,31,35)(H,32,36)/b29-17+,30-18+. The molecule has 4 aromatic carbocycles. The lowest BCUT2D eigenvalue weighted by Gasteiger charge is -2.05. The van der Waals surface area contributed by atoms with Crippen molar-refractivity contribution in [3.8, 4) is 22.6 Å². The zero-order valence-corrected chi connectivity index (χ0v) is 19.0. The smallest absolute Gasteiger partial charge is 0.271 e. The van der Waals surface area contributed by atoms with Crippen LogP contribution < -0.4 is 10.9 Å². The zero-order valence-electron chi connectivity index (χ0n) is 19.0. The van der Waals surface area contributed by atoms with Crippen LogP contribution in [0.5, 0.6) is 11.5 Å². The van der Waals surface area contributed by atoms with Gasteiger partial charge >= 0.3 is 0 Å². The molecule has 0 unspecified atom stereocenters. The van der Waals surface area contributed by atoms with Crippen molar-refractivity contribution in [2.45, 2.75) is 0 Å². The van der Waals surface area contributed by atoms with Crippen LogP contribution in [0.15, 0.2) is 107 Å². The highest BCUT2D eigenvalue weighted by Gasteiger charge is 2.07. The van der Waals surface area contributed by atoms with Gasteiger partial charge in [0.1, 0.15) is 11.5 Å². The highest BCUT2D eigenvalue weighted by Crippen LogP contribution is 2.20. The molecule has 0 radical (unpaired) electrons. The van der Waals surface area contributed by atoms with Gasteiger partial charge < -0.3 is 10.2 Å². The molecular weight excluding hydrogens is 456 g/mol. The first-order valence-corrected chi connectivity index (χ1v) is 10.9. The fraction of sp³-hybridized carbons (Fsp3) is 0. The van der Waals surface area contributed by atoms with Gasteiger partial charge in [-0.25, -0.2) is 10.9 Å². The molecule has 0 aliphatic rings. The van der Waals surface area contributed by atoms with Gasteiger partial charge in [-0.1, -0.05) is 48.5 Å². The third kappa shape index (κ3) is 6.42. The molecule has 4 rings (SSSR count). The average molecular weight is 479 g/mol. The second-order valence-corrected chi connectivity index (χ2v) is 7.74. The van der Waals surface area contributed by atoms with Crippen molar-refractivity contribution in [3.05, 3.63) is 119 Å². The van der Waals surface area contributed by atoms with Gasteiger partial charge in [0.25, 0.3) is 11.8 Å². The quantitative estimate of drug-likeness (QED) is 0.234. The third-order valence-corrected chi connectivity index (χ3v) is 5.13. The van der Waals surface area contributed by atoms with Gasteiger partial charge in [0, 0.05) is 11.1 Å². The maximum absolute atomic E-state index is 12.3. The zero-order chi connectivity index (χ0) is 25.3. The molecule has 0 atom stereocenters. The van der Waals surface area contributed by atoms with Gasteiger partial charge in [-0.15, -0.1) is 0 Å². The lowest BCUT2D eigenvalue weighted by molar-refractivity contribution is 0.0947. The van der Waals surface area contributed by atoms with Crippen LogP contribution in [-0.4, -0.2) is 34.5 Å². The Hall–Kier alpha value is -5.24. The number of hydrazone groups is 2. The lowest BCUT2D eigenvalue weighted by Crippen LogP contribution is -2.17. The Morgan fingerprint density at radius 3 is 1.33 bits per heavy atom. The molecule has 8 nitrogen and oxygen atoms in total. The van der Waals surface area contributed by atoms with E-state index in [1.54, 1.807) is 60.7 Å². The van der Waals surface area contributed by atoms with Crippen molar-refractivity contribution in [1.82, 2.24) is 10.9 Å². The second-order valence-electron chi connectivity index (χ2n) is 7.74. The minimum atomic E-state index is -0.365. The van der Waals surface area contributed by atoms with Crippen molar-refractivity contribution >= 4 is 24.2 Å². The molecule has 0 aliphatic heterocycles. The molecule has 0 aliphatic carbocycles. The highest BCUT2D eigenvalue weighted by molar-refractivity contribution is 5.96. The van der Waals surface area contributed by atoms with Crippen molar-refractivity contribution < 1.29 is 19.8 Å². The molecule has 4 N–H and O–H groups in total. The third-order valence-electron chi connectivity index (χ3n) is 5.13. The number of phenols is 2. The van der Waals surface area contributed by atoms with Gasteiger partial charge in [0.15, 0.2) is 0 Å². The Bertz CT molecular complexity index is 1320. The van der Waals surface area contributed by atoms with Crippen LogP contribution in [0.25, 0.3) is 11.1 Å². The first-order valence-electron chi connectivity index (χ1n) is 10.9. The van der Waals surface area contributed by atoms with E-state index in [1.165, 1.54) is 24.6 Å². The Labute approximate surface area is 207 Å². The number of rotatable bonds is 7. The summed E-state index contributed by atoms with van der Waals surface area (Å²) in [5.41, 5.74) is 8.86. The van der Waals surface area contributed by atoms with Gasteiger partial charge in [0.05, 0.1) is 12.4 Å². The maximum atomic E-state index is 12.3.